The zero-order chi connectivity index (χ0) is 19.6. The summed E-state index contributed by atoms with van der Waals surface area (Å²) < 4.78 is 35.1. The number of nitrogens with zero attached hydrogens (tertiary/aromatic N) is 2. The molecule has 0 saturated carbocycles. The number of hydrogen-bond acceptors (Lipinski definition) is 5. The molecule has 0 radical (unpaired) electrons. The summed E-state index contributed by atoms with van der Waals surface area (Å²) in [7, 11) is 0.943. The van der Waals surface area contributed by atoms with E-state index in [9.17, 15) is 13.2 Å². The maximum absolute atomic E-state index is 13.4. The second-order valence-corrected chi connectivity index (χ2v) is 8.22. The van der Waals surface area contributed by atoms with E-state index < -0.39 is 16.1 Å². The molecule has 0 bridgehead atoms. The van der Waals surface area contributed by atoms with Crippen molar-refractivity contribution in [2.24, 2.45) is 7.05 Å². The largest absolute Gasteiger partial charge is 0.496 e. The Labute approximate surface area is 171 Å². The van der Waals surface area contributed by atoms with Gasteiger partial charge in [0.15, 0.2) is 0 Å². The Hall–Kier alpha value is -2.07. The summed E-state index contributed by atoms with van der Waals surface area (Å²) in [6, 6.07) is 8.42. The molecule has 1 unspecified atom stereocenters. The van der Waals surface area contributed by atoms with Crippen molar-refractivity contribution in [2.45, 2.75) is 10.9 Å². The predicted molar refractivity (Wildman–Crippen MR) is 109 cm³/mol. The summed E-state index contributed by atoms with van der Waals surface area (Å²) in [6.07, 6.45) is 1.47. The number of carbonyl (C=O) groups is 1. The fourth-order valence-electron chi connectivity index (χ4n) is 3.34. The van der Waals surface area contributed by atoms with Gasteiger partial charge >= 0.3 is 0 Å². The molecular formula is C18H25ClN4O4S. The summed E-state index contributed by atoms with van der Waals surface area (Å²) in [5.74, 6) is 0.311. The number of nitrogens with one attached hydrogen (secondary N) is 2. The van der Waals surface area contributed by atoms with Gasteiger partial charge in [0.05, 0.1) is 13.2 Å². The fourth-order valence-corrected chi connectivity index (χ4v) is 5.02. The van der Waals surface area contributed by atoms with Gasteiger partial charge in [-0.05, 0) is 12.1 Å². The Morgan fingerprint density at radius 3 is 2.71 bits per heavy atom. The average Bonchev–Trinajstić information content (AvgIpc) is 3.10. The van der Waals surface area contributed by atoms with Gasteiger partial charge in [-0.25, -0.2) is 8.42 Å². The van der Waals surface area contributed by atoms with E-state index >= 15 is 0 Å². The van der Waals surface area contributed by atoms with Gasteiger partial charge in [-0.15, -0.1) is 12.4 Å². The van der Waals surface area contributed by atoms with Crippen LogP contribution in [0.1, 0.15) is 22.1 Å². The van der Waals surface area contributed by atoms with Crippen molar-refractivity contribution >= 4 is 28.3 Å². The lowest BCUT2D eigenvalue weighted by Gasteiger charge is -2.35. The first kappa shape index (κ1) is 22.2. The van der Waals surface area contributed by atoms with Crippen molar-refractivity contribution in [1.29, 1.82) is 0 Å². The molecule has 28 heavy (non-hydrogen) atoms. The molecule has 0 aliphatic carbocycles. The summed E-state index contributed by atoms with van der Waals surface area (Å²) >= 11 is 0. The molecule has 1 aliphatic heterocycles. The SMILES string of the molecule is CNC(=O)c1cc(S(=O)(=O)N2CCNCC2c2ccccc2OC)cn1C.Cl. The van der Waals surface area contributed by atoms with Gasteiger partial charge in [0, 0.05) is 45.5 Å². The summed E-state index contributed by atoms with van der Waals surface area (Å²) in [4.78, 5) is 12.1. The highest BCUT2D eigenvalue weighted by Gasteiger charge is 2.36. The number of methoxy groups -OCH3 is 1. The van der Waals surface area contributed by atoms with Crippen LogP contribution in [0.2, 0.25) is 0 Å². The van der Waals surface area contributed by atoms with Gasteiger partial charge in [-0.2, -0.15) is 4.31 Å². The number of carbonyl (C=O) groups excluding carboxylic acids is 1. The van der Waals surface area contributed by atoms with E-state index in [1.807, 2.05) is 24.3 Å². The maximum atomic E-state index is 13.4. The third kappa shape index (κ3) is 4.02. The van der Waals surface area contributed by atoms with E-state index in [2.05, 4.69) is 10.6 Å². The van der Waals surface area contributed by atoms with E-state index in [4.69, 9.17) is 4.74 Å². The number of hydrogen-bond donors (Lipinski definition) is 2. The van der Waals surface area contributed by atoms with E-state index in [0.29, 0.717) is 31.1 Å². The molecule has 2 aromatic rings. The van der Waals surface area contributed by atoms with Crippen LogP contribution >= 0.6 is 12.4 Å². The van der Waals surface area contributed by atoms with Crippen molar-refractivity contribution in [3.8, 4) is 5.75 Å². The molecular weight excluding hydrogens is 404 g/mol. The number of para-hydroxylation sites is 1. The average molecular weight is 429 g/mol. The maximum Gasteiger partial charge on any atom is 0.267 e. The van der Waals surface area contributed by atoms with Crippen LogP contribution < -0.4 is 15.4 Å². The second kappa shape index (κ2) is 8.95. The number of sulfonamides is 1. The molecule has 2 N–H and O–H groups in total. The molecule has 1 atom stereocenters. The van der Waals surface area contributed by atoms with Gasteiger partial charge in [-0.3, -0.25) is 4.79 Å². The third-order valence-corrected chi connectivity index (χ3v) is 6.61. The van der Waals surface area contributed by atoms with Crippen molar-refractivity contribution in [2.75, 3.05) is 33.8 Å². The normalized spacial score (nSPS) is 17.6. The Balaban J connectivity index is 0.00000280. The Kier molecular flexibility index (Phi) is 7.11. The van der Waals surface area contributed by atoms with E-state index in [0.717, 1.165) is 5.56 Å². The van der Waals surface area contributed by atoms with Crippen LogP contribution in [0.5, 0.6) is 5.75 Å². The molecule has 8 nitrogen and oxygen atoms in total. The minimum Gasteiger partial charge on any atom is -0.496 e. The number of benzene rings is 1. The number of amides is 1. The van der Waals surface area contributed by atoms with Gasteiger partial charge in [0.25, 0.3) is 5.91 Å². The molecule has 1 saturated heterocycles. The molecule has 1 amide bonds. The number of halogens is 1. The minimum atomic E-state index is -3.79. The van der Waals surface area contributed by atoms with Gasteiger partial charge in [0.1, 0.15) is 16.3 Å². The van der Waals surface area contributed by atoms with E-state index in [-0.39, 0.29) is 23.2 Å². The molecule has 1 aliphatic rings. The first-order valence-electron chi connectivity index (χ1n) is 8.64. The summed E-state index contributed by atoms with van der Waals surface area (Å²) in [5.41, 5.74) is 1.10. The first-order chi connectivity index (χ1) is 12.9. The van der Waals surface area contributed by atoms with Crippen LogP contribution in [0, 0.1) is 0 Å². The van der Waals surface area contributed by atoms with Gasteiger partial charge in [0.2, 0.25) is 10.0 Å². The number of ether oxygens (including phenoxy) is 1. The molecule has 1 aromatic carbocycles. The van der Waals surface area contributed by atoms with Crippen molar-refractivity contribution < 1.29 is 17.9 Å². The van der Waals surface area contributed by atoms with Crippen LogP contribution in [-0.2, 0) is 17.1 Å². The smallest absolute Gasteiger partial charge is 0.267 e. The van der Waals surface area contributed by atoms with Crippen LogP contribution in [0.4, 0.5) is 0 Å². The monoisotopic (exact) mass is 428 g/mol. The first-order valence-corrected chi connectivity index (χ1v) is 10.1. The minimum absolute atomic E-state index is 0. The Bertz CT molecular complexity index is 945. The van der Waals surface area contributed by atoms with Crippen LogP contribution in [0.15, 0.2) is 41.4 Å². The molecule has 154 valence electrons. The highest BCUT2D eigenvalue weighted by Crippen LogP contribution is 2.34. The number of piperazine rings is 1. The third-order valence-electron chi connectivity index (χ3n) is 4.74. The topological polar surface area (TPSA) is 92.7 Å². The standard InChI is InChI=1S/C18H24N4O4S.ClH/c1-19-18(23)15-10-13(12-21(15)2)27(24,25)22-9-8-20-11-16(22)14-6-4-5-7-17(14)26-3;/h4-7,10,12,16,20H,8-9,11H2,1-3H3,(H,19,23);1H. The van der Waals surface area contributed by atoms with Crippen molar-refractivity contribution in [1.82, 2.24) is 19.5 Å². The molecule has 2 heterocycles. The van der Waals surface area contributed by atoms with Crippen molar-refractivity contribution in [3.63, 3.8) is 0 Å². The highest BCUT2D eigenvalue weighted by molar-refractivity contribution is 7.89. The molecule has 1 aromatic heterocycles. The zero-order valence-electron chi connectivity index (χ0n) is 16.0. The van der Waals surface area contributed by atoms with Crippen LogP contribution in [-0.4, -0.2) is 57.0 Å². The molecule has 0 spiro atoms. The lowest BCUT2D eigenvalue weighted by Crippen LogP contribution is -2.48. The highest BCUT2D eigenvalue weighted by atomic mass is 35.5. The summed E-state index contributed by atoms with van der Waals surface area (Å²) in [6.45, 7) is 1.37. The number of aromatic nitrogens is 1. The van der Waals surface area contributed by atoms with Gasteiger partial charge in [-0.1, -0.05) is 18.2 Å². The lowest BCUT2D eigenvalue weighted by atomic mass is 10.0. The molecule has 1 fully saturated rings. The van der Waals surface area contributed by atoms with Crippen molar-refractivity contribution in [3.05, 3.63) is 47.8 Å². The zero-order valence-corrected chi connectivity index (χ0v) is 17.6. The van der Waals surface area contributed by atoms with E-state index in [1.54, 1.807) is 14.2 Å². The second-order valence-electron chi connectivity index (χ2n) is 6.33. The lowest BCUT2D eigenvalue weighted by molar-refractivity contribution is 0.0955. The van der Waals surface area contributed by atoms with Crippen LogP contribution in [0.3, 0.4) is 0 Å². The predicted octanol–water partition coefficient (Wildman–Crippen LogP) is 1.15. The Morgan fingerprint density at radius 1 is 1.32 bits per heavy atom. The quantitative estimate of drug-likeness (QED) is 0.745. The molecule has 3 rings (SSSR count). The molecule has 10 heteroatoms. The number of rotatable bonds is 5. The summed E-state index contributed by atoms with van der Waals surface area (Å²) in [5, 5.41) is 5.77. The van der Waals surface area contributed by atoms with Gasteiger partial charge < -0.3 is 19.9 Å². The number of aryl methyl sites for hydroxylation is 1. The van der Waals surface area contributed by atoms with E-state index in [1.165, 1.54) is 28.2 Å². The van der Waals surface area contributed by atoms with Crippen LogP contribution in [0.25, 0.3) is 0 Å². The Morgan fingerprint density at radius 2 is 2.04 bits per heavy atom. The fraction of sp³-hybridized carbons (Fsp3) is 0.389.